The minimum Gasteiger partial charge on any atom is -0.393 e. The van der Waals surface area contributed by atoms with Crippen molar-refractivity contribution >= 4 is 5.91 Å². The topological polar surface area (TPSA) is 43.8 Å². The van der Waals surface area contributed by atoms with Gasteiger partial charge in [-0.15, -0.1) is 0 Å². The van der Waals surface area contributed by atoms with Gasteiger partial charge in [0.1, 0.15) is 0 Å². The van der Waals surface area contributed by atoms with E-state index in [0.29, 0.717) is 19.0 Å². The van der Waals surface area contributed by atoms with E-state index in [1.807, 2.05) is 14.1 Å². The van der Waals surface area contributed by atoms with E-state index in [0.717, 1.165) is 24.9 Å². The molecule has 0 radical (unpaired) electrons. The molecule has 0 unspecified atom stereocenters. The lowest BCUT2D eigenvalue weighted by molar-refractivity contribution is -0.131. The Labute approximate surface area is 127 Å². The number of aliphatic hydroxyl groups is 1. The molecule has 21 heavy (non-hydrogen) atoms. The molecule has 0 spiro atoms. The maximum absolute atomic E-state index is 12.2. The standard InChI is InChI=1S/C17H26N2O2/c1-13-4-6-14(7-5-13)11-19(3)17(21)12-18(2)10-15-8-16(20)9-15/h4-7,15-16,20H,8-12H2,1-3H3. The van der Waals surface area contributed by atoms with Crippen molar-refractivity contribution in [1.82, 2.24) is 9.80 Å². The molecule has 0 heterocycles. The third-order valence-corrected chi connectivity index (χ3v) is 4.15. The number of hydrogen-bond acceptors (Lipinski definition) is 3. The molecular weight excluding hydrogens is 264 g/mol. The molecule has 1 aromatic carbocycles. The monoisotopic (exact) mass is 290 g/mol. The van der Waals surface area contributed by atoms with E-state index in [9.17, 15) is 9.90 Å². The van der Waals surface area contributed by atoms with Gasteiger partial charge in [-0.05, 0) is 38.3 Å². The quantitative estimate of drug-likeness (QED) is 0.866. The number of rotatable bonds is 6. The van der Waals surface area contributed by atoms with Crippen LogP contribution < -0.4 is 0 Å². The van der Waals surface area contributed by atoms with E-state index >= 15 is 0 Å². The normalized spacial score (nSPS) is 21.2. The Kier molecular flexibility index (Phi) is 5.37. The molecule has 4 heteroatoms. The van der Waals surface area contributed by atoms with Gasteiger partial charge in [0.05, 0.1) is 12.6 Å². The third-order valence-electron chi connectivity index (χ3n) is 4.15. The second-order valence-corrected chi connectivity index (χ2v) is 6.42. The fraction of sp³-hybridized carbons (Fsp3) is 0.588. The molecule has 1 saturated carbocycles. The first-order chi connectivity index (χ1) is 9.94. The van der Waals surface area contributed by atoms with Crippen LogP contribution in [0.4, 0.5) is 0 Å². The van der Waals surface area contributed by atoms with Crippen LogP contribution in [-0.4, -0.2) is 54.1 Å². The molecule has 1 fully saturated rings. The molecule has 4 nitrogen and oxygen atoms in total. The first-order valence-electron chi connectivity index (χ1n) is 7.60. The van der Waals surface area contributed by atoms with Crippen molar-refractivity contribution < 1.29 is 9.90 Å². The number of nitrogens with zero attached hydrogens (tertiary/aromatic N) is 2. The van der Waals surface area contributed by atoms with Gasteiger partial charge in [-0.25, -0.2) is 0 Å². The number of likely N-dealkylation sites (N-methyl/N-ethyl adjacent to an activating group) is 2. The maximum Gasteiger partial charge on any atom is 0.236 e. The molecule has 1 aliphatic rings. The summed E-state index contributed by atoms with van der Waals surface area (Å²) in [4.78, 5) is 16.0. The predicted octanol–water partition coefficient (Wildman–Crippen LogP) is 1.66. The number of aryl methyl sites for hydroxylation is 1. The molecule has 0 atom stereocenters. The van der Waals surface area contributed by atoms with Crippen LogP contribution in [0, 0.1) is 12.8 Å². The maximum atomic E-state index is 12.2. The van der Waals surface area contributed by atoms with E-state index in [-0.39, 0.29) is 12.0 Å². The van der Waals surface area contributed by atoms with Gasteiger partial charge < -0.3 is 10.0 Å². The molecule has 0 aliphatic heterocycles. The van der Waals surface area contributed by atoms with Crippen molar-refractivity contribution in [2.24, 2.45) is 5.92 Å². The zero-order valence-corrected chi connectivity index (χ0v) is 13.2. The van der Waals surface area contributed by atoms with Crippen molar-refractivity contribution in [2.75, 3.05) is 27.2 Å². The summed E-state index contributed by atoms with van der Waals surface area (Å²) in [6.07, 6.45) is 1.62. The molecule has 2 rings (SSSR count). The number of carbonyl (C=O) groups is 1. The van der Waals surface area contributed by atoms with Crippen LogP contribution in [-0.2, 0) is 11.3 Å². The smallest absolute Gasteiger partial charge is 0.236 e. The van der Waals surface area contributed by atoms with Crippen LogP contribution in [0.15, 0.2) is 24.3 Å². The number of hydrogen-bond donors (Lipinski definition) is 1. The van der Waals surface area contributed by atoms with E-state index in [1.54, 1.807) is 4.90 Å². The second kappa shape index (κ2) is 7.05. The van der Waals surface area contributed by atoms with Crippen LogP contribution >= 0.6 is 0 Å². The van der Waals surface area contributed by atoms with Gasteiger partial charge in [0, 0.05) is 20.1 Å². The third kappa shape index (κ3) is 4.83. The number of benzene rings is 1. The van der Waals surface area contributed by atoms with Gasteiger partial charge in [-0.1, -0.05) is 29.8 Å². The summed E-state index contributed by atoms with van der Waals surface area (Å²) >= 11 is 0. The molecule has 0 aromatic heterocycles. The molecule has 1 aliphatic carbocycles. The largest absolute Gasteiger partial charge is 0.393 e. The number of amides is 1. The van der Waals surface area contributed by atoms with Crippen LogP contribution in [0.25, 0.3) is 0 Å². The Morgan fingerprint density at radius 1 is 1.24 bits per heavy atom. The van der Waals surface area contributed by atoms with Gasteiger partial charge in [-0.2, -0.15) is 0 Å². The molecule has 1 N–H and O–H groups in total. The SMILES string of the molecule is Cc1ccc(CN(C)C(=O)CN(C)CC2CC(O)C2)cc1. The van der Waals surface area contributed by atoms with E-state index < -0.39 is 0 Å². The van der Waals surface area contributed by atoms with E-state index in [2.05, 4.69) is 36.1 Å². The fourth-order valence-corrected chi connectivity index (χ4v) is 2.76. The van der Waals surface area contributed by atoms with Crippen molar-refractivity contribution in [1.29, 1.82) is 0 Å². The van der Waals surface area contributed by atoms with E-state index in [1.165, 1.54) is 5.56 Å². The minimum atomic E-state index is -0.122. The molecule has 0 bridgehead atoms. The van der Waals surface area contributed by atoms with Crippen LogP contribution in [0.5, 0.6) is 0 Å². The Balaban J connectivity index is 1.75. The van der Waals surface area contributed by atoms with Gasteiger partial charge in [0.25, 0.3) is 0 Å². The Morgan fingerprint density at radius 3 is 2.43 bits per heavy atom. The summed E-state index contributed by atoms with van der Waals surface area (Å²) in [5.41, 5.74) is 2.39. The number of aliphatic hydroxyl groups excluding tert-OH is 1. The minimum absolute atomic E-state index is 0.122. The van der Waals surface area contributed by atoms with Crippen molar-refractivity contribution in [2.45, 2.75) is 32.4 Å². The Morgan fingerprint density at radius 2 is 1.86 bits per heavy atom. The fourth-order valence-electron chi connectivity index (χ4n) is 2.76. The van der Waals surface area contributed by atoms with Crippen LogP contribution in [0.3, 0.4) is 0 Å². The average molecular weight is 290 g/mol. The summed E-state index contributed by atoms with van der Waals surface area (Å²) in [6.45, 7) is 4.04. The van der Waals surface area contributed by atoms with Crippen molar-refractivity contribution in [3.8, 4) is 0 Å². The van der Waals surface area contributed by atoms with Gasteiger partial charge >= 0.3 is 0 Å². The predicted molar refractivity (Wildman–Crippen MR) is 83.9 cm³/mol. The lowest BCUT2D eigenvalue weighted by Crippen LogP contribution is -2.41. The van der Waals surface area contributed by atoms with Gasteiger partial charge in [-0.3, -0.25) is 9.69 Å². The molecule has 1 aromatic rings. The first kappa shape index (κ1) is 16.0. The zero-order valence-electron chi connectivity index (χ0n) is 13.2. The van der Waals surface area contributed by atoms with Gasteiger partial charge in [0.15, 0.2) is 0 Å². The summed E-state index contributed by atoms with van der Waals surface area (Å²) in [5, 5.41) is 9.29. The lowest BCUT2D eigenvalue weighted by atomic mass is 9.82. The Hall–Kier alpha value is -1.39. The zero-order chi connectivity index (χ0) is 15.4. The highest BCUT2D eigenvalue weighted by atomic mass is 16.3. The molecule has 116 valence electrons. The second-order valence-electron chi connectivity index (χ2n) is 6.42. The highest BCUT2D eigenvalue weighted by Crippen LogP contribution is 2.27. The highest BCUT2D eigenvalue weighted by molar-refractivity contribution is 5.77. The summed E-state index contributed by atoms with van der Waals surface area (Å²) in [7, 11) is 3.82. The summed E-state index contributed by atoms with van der Waals surface area (Å²) in [6, 6.07) is 8.28. The summed E-state index contributed by atoms with van der Waals surface area (Å²) < 4.78 is 0. The van der Waals surface area contributed by atoms with Crippen LogP contribution in [0.2, 0.25) is 0 Å². The molecular formula is C17H26N2O2. The Bertz CT molecular complexity index is 466. The van der Waals surface area contributed by atoms with Crippen molar-refractivity contribution in [3.05, 3.63) is 35.4 Å². The molecule has 1 amide bonds. The first-order valence-corrected chi connectivity index (χ1v) is 7.60. The van der Waals surface area contributed by atoms with Crippen molar-refractivity contribution in [3.63, 3.8) is 0 Å². The average Bonchev–Trinajstić information content (AvgIpc) is 2.39. The molecule has 0 saturated heterocycles. The van der Waals surface area contributed by atoms with E-state index in [4.69, 9.17) is 0 Å². The number of carbonyl (C=O) groups excluding carboxylic acids is 1. The summed E-state index contributed by atoms with van der Waals surface area (Å²) in [5.74, 6) is 0.679. The lowest BCUT2D eigenvalue weighted by Gasteiger charge is -2.34. The van der Waals surface area contributed by atoms with Gasteiger partial charge in [0.2, 0.25) is 5.91 Å². The highest BCUT2D eigenvalue weighted by Gasteiger charge is 2.28. The van der Waals surface area contributed by atoms with Crippen LogP contribution in [0.1, 0.15) is 24.0 Å².